The molecule has 1 amide bonds. The van der Waals surface area contributed by atoms with E-state index in [1.165, 1.54) is 33.1 Å². The maximum atomic E-state index is 12.6. The van der Waals surface area contributed by atoms with Gasteiger partial charge in [0, 0.05) is 31.5 Å². The Morgan fingerprint density at radius 1 is 1.07 bits per heavy atom. The Bertz CT molecular complexity index is 996. The predicted molar refractivity (Wildman–Crippen MR) is 117 cm³/mol. The zero-order valence-corrected chi connectivity index (χ0v) is 18.2. The molecule has 1 aromatic heterocycles. The molecule has 0 atom stereocenters. The third kappa shape index (κ3) is 4.80. The van der Waals surface area contributed by atoms with Crippen LogP contribution in [0, 0.1) is 0 Å². The van der Waals surface area contributed by atoms with Gasteiger partial charge in [0.2, 0.25) is 11.7 Å². The number of benzene rings is 2. The lowest BCUT2D eigenvalue weighted by atomic mass is 10.2. The Labute approximate surface area is 179 Å². The fourth-order valence-electron chi connectivity index (χ4n) is 3.04. The summed E-state index contributed by atoms with van der Waals surface area (Å²) in [5, 5.41) is 3.64. The monoisotopic (exact) mass is 431 g/mol. The Morgan fingerprint density at radius 3 is 2.40 bits per heavy atom. The number of nitrogens with zero attached hydrogens (tertiary/aromatic N) is 2. The first kappa shape index (κ1) is 21.8. The summed E-state index contributed by atoms with van der Waals surface area (Å²) in [6, 6.07) is 11.3. The van der Waals surface area contributed by atoms with Gasteiger partial charge in [-0.15, -0.1) is 0 Å². The number of anilines is 1. The SMILES string of the molecule is COCCn1c(SCC(=O)Nc2cc(OC)c(OC)c(OC)c2)nc2ccccc21. The van der Waals surface area contributed by atoms with Crippen molar-refractivity contribution in [3.63, 3.8) is 0 Å². The number of thioether (sulfide) groups is 1. The molecule has 0 aliphatic rings. The highest BCUT2D eigenvalue weighted by molar-refractivity contribution is 7.99. The zero-order chi connectivity index (χ0) is 21.5. The van der Waals surface area contributed by atoms with Crippen LogP contribution < -0.4 is 19.5 Å². The molecule has 1 N–H and O–H groups in total. The van der Waals surface area contributed by atoms with Gasteiger partial charge in [-0.25, -0.2) is 4.98 Å². The van der Waals surface area contributed by atoms with Crippen molar-refractivity contribution in [2.75, 3.05) is 46.1 Å². The second-order valence-corrected chi connectivity index (χ2v) is 7.22. The smallest absolute Gasteiger partial charge is 0.234 e. The number of carbonyl (C=O) groups excluding carboxylic acids is 1. The lowest BCUT2D eigenvalue weighted by molar-refractivity contribution is -0.113. The zero-order valence-electron chi connectivity index (χ0n) is 17.4. The van der Waals surface area contributed by atoms with Crippen LogP contribution >= 0.6 is 11.8 Å². The van der Waals surface area contributed by atoms with Crippen LogP contribution in [0.5, 0.6) is 17.2 Å². The lowest BCUT2D eigenvalue weighted by Crippen LogP contribution is -2.15. The van der Waals surface area contributed by atoms with E-state index < -0.39 is 0 Å². The minimum Gasteiger partial charge on any atom is -0.493 e. The Balaban J connectivity index is 1.73. The van der Waals surface area contributed by atoms with E-state index in [9.17, 15) is 4.79 Å². The number of methoxy groups -OCH3 is 4. The highest BCUT2D eigenvalue weighted by Crippen LogP contribution is 2.40. The molecule has 3 rings (SSSR count). The highest BCUT2D eigenvalue weighted by Gasteiger charge is 2.16. The van der Waals surface area contributed by atoms with Crippen molar-refractivity contribution in [3.05, 3.63) is 36.4 Å². The second-order valence-electron chi connectivity index (χ2n) is 6.28. The number of rotatable bonds is 10. The average Bonchev–Trinajstić information content (AvgIpc) is 3.12. The summed E-state index contributed by atoms with van der Waals surface area (Å²) < 4.78 is 23.3. The first-order valence-electron chi connectivity index (χ1n) is 9.28. The summed E-state index contributed by atoms with van der Waals surface area (Å²) in [6.45, 7) is 1.22. The summed E-state index contributed by atoms with van der Waals surface area (Å²) in [5.41, 5.74) is 2.46. The molecule has 1 heterocycles. The van der Waals surface area contributed by atoms with Crippen LogP contribution in [0.2, 0.25) is 0 Å². The van der Waals surface area contributed by atoms with Gasteiger partial charge in [-0.3, -0.25) is 4.79 Å². The number of imidazole rings is 1. The van der Waals surface area contributed by atoms with Crippen molar-refractivity contribution in [2.45, 2.75) is 11.7 Å². The maximum Gasteiger partial charge on any atom is 0.234 e. The van der Waals surface area contributed by atoms with Gasteiger partial charge < -0.3 is 28.8 Å². The Hall–Kier alpha value is -2.91. The molecular formula is C21H25N3O5S. The van der Waals surface area contributed by atoms with Gasteiger partial charge in [0.05, 0.1) is 44.7 Å². The molecule has 3 aromatic rings. The minimum atomic E-state index is -0.167. The number of amides is 1. The topological polar surface area (TPSA) is 83.8 Å². The van der Waals surface area contributed by atoms with Crippen molar-refractivity contribution < 1.29 is 23.7 Å². The van der Waals surface area contributed by atoms with E-state index >= 15 is 0 Å². The fourth-order valence-corrected chi connectivity index (χ4v) is 3.88. The van der Waals surface area contributed by atoms with Crippen molar-refractivity contribution in [1.82, 2.24) is 9.55 Å². The van der Waals surface area contributed by atoms with Gasteiger partial charge in [0.1, 0.15) is 0 Å². The second kappa shape index (κ2) is 10.2. The Morgan fingerprint density at radius 2 is 1.77 bits per heavy atom. The van der Waals surface area contributed by atoms with E-state index in [2.05, 4.69) is 14.9 Å². The predicted octanol–water partition coefficient (Wildman–Crippen LogP) is 3.44. The normalized spacial score (nSPS) is 10.8. The van der Waals surface area contributed by atoms with Crippen LogP contribution in [0.4, 0.5) is 5.69 Å². The third-order valence-corrected chi connectivity index (χ3v) is 5.40. The third-order valence-electron chi connectivity index (χ3n) is 4.42. The molecule has 30 heavy (non-hydrogen) atoms. The fraction of sp³-hybridized carbons (Fsp3) is 0.333. The Kier molecular flexibility index (Phi) is 7.42. The van der Waals surface area contributed by atoms with Gasteiger partial charge in [-0.2, -0.15) is 0 Å². The number of para-hydroxylation sites is 2. The molecule has 0 aliphatic heterocycles. The maximum absolute atomic E-state index is 12.6. The van der Waals surface area contributed by atoms with Crippen LogP contribution in [0.25, 0.3) is 11.0 Å². The van der Waals surface area contributed by atoms with E-state index in [1.54, 1.807) is 19.2 Å². The summed E-state index contributed by atoms with van der Waals surface area (Å²) in [4.78, 5) is 17.2. The quantitative estimate of drug-likeness (QED) is 0.492. The molecule has 8 nitrogen and oxygen atoms in total. The van der Waals surface area contributed by atoms with Crippen molar-refractivity contribution in [1.29, 1.82) is 0 Å². The number of aromatic nitrogens is 2. The molecular weight excluding hydrogens is 406 g/mol. The lowest BCUT2D eigenvalue weighted by Gasteiger charge is -2.14. The van der Waals surface area contributed by atoms with Crippen LogP contribution in [-0.4, -0.2) is 56.3 Å². The van der Waals surface area contributed by atoms with E-state index in [0.717, 1.165) is 16.2 Å². The van der Waals surface area contributed by atoms with E-state index in [1.807, 2.05) is 24.3 Å². The van der Waals surface area contributed by atoms with Crippen molar-refractivity contribution >= 4 is 34.4 Å². The number of hydrogen-bond acceptors (Lipinski definition) is 7. The molecule has 0 unspecified atom stereocenters. The highest BCUT2D eigenvalue weighted by atomic mass is 32.2. The molecule has 160 valence electrons. The summed E-state index contributed by atoms with van der Waals surface area (Å²) >= 11 is 1.38. The molecule has 0 radical (unpaired) electrons. The molecule has 0 aliphatic carbocycles. The van der Waals surface area contributed by atoms with E-state index in [4.69, 9.17) is 18.9 Å². The van der Waals surface area contributed by atoms with E-state index in [0.29, 0.717) is 36.1 Å². The number of carbonyl (C=O) groups is 1. The summed E-state index contributed by atoms with van der Waals surface area (Å²) in [7, 11) is 6.26. The van der Waals surface area contributed by atoms with Gasteiger partial charge in [-0.1, -0.05) is 23.9 Å². The molecule has 0 bridgehead atoms. The number of fused-ring (bicyclic) bond motifs is 1. The average molecular weight is 432 g/mol. The molecule has 0 spiro atoms. The molecule has 2 aromatic carbocycles. The van der Waals surface area contributed by atoms with Gasteiger partial charge >= 0.3 is 0 Å². The minimum absolute atomic E-state index is 0.167. The van der Waals surface area contributed by atoms with Crippen LogP contribution in [0.1, 0.15) is 0 Å². The standard InChI is InChI=1S/C21H25N3O5S/c1-26-10-9-24-16-8-6-5-7-15(16)23-21(24)30-13-19(25)22-14-11-17(27-2)20(29-4)18(12-14)28-3/h5-8,11-12H,9-10,13H2,1-4H3,(H,22,25). The molecule has 0 saturated carbocycles. The van der Waals surface area contributed by atoms with Crippen LogP contribution in [0.3, 0.4) is 0 Å². The largest absolute Gasteiger partial charge is 0.493 e. The van der Waals surface area contributed by atoms with Crippen LogP contribution in [0.15, 0.2) is 41.6 Å². The van der Waals surface area contributed by atoms with Gasteiger partial charge in [0.15, 0.2) is 16.7 Å². The summed E-state index contributed by atoms with van der Waals surface area (Å²) in [5.74, 6) is 1.45. The first-order chi connectivity index (χ1) is 14.6. The summed E-state index contributed by atoms with van der Waals surface area (Å²) in [6.07, 6.45) is 0. The molecule has 0 saturated heterocycles. The van der Waals surface area contributed by atoms with Crippen LogP contribution in [-0.2, 0) is 16.1 Å². The number of nitrogens with one attached hydrogen (secondary N) is 1. The van der Waals surface area contributed by atoms with Gasteiger partial charge in [0.25, 0.3) is 0 Å². The van der Waals surface area contributed by atoms with E-state index in [-0.39, 0.29) is 11.7 Å². The van der Waals surface area contributed by atoms with Gasteiger partial charge in [-0.05, 0) is 12.1 Å². The number of ether oxygens (including phenoxy) is 4. The molecule has 9 heteroatoms. The van der Waals surface area contributed by atoms with Crippen molar-refractivity contribution in [2.24, 2.45) is 0 Å². The molecule has 0 fully saturated rings. The first-order valence-corrected chi connectivity index (χ1v) is 10.3. The van der Waals surface area contributed by atoms with Crippen molar-refractivity contribution in [3.8, 4) is 17.2 Å². The number of hydrogen-bond donors (Lipinski definition) is 1.